The van der Waals surface area contributed by atoms with Crippen molar-refractivity contribution in [2.75, 3.05) is 6.61 Å². The van der Waals surface area contributed by atoms with Crippen molar-refractivity contribution in [2.45, 2.75) is 26.0 Å². The van der Waals surface area contributed by atoms with Gasteiger partial charge in [0.2, 0.25) is 5.78 Å². The Balaban J connectivity index is 1.80. The minimum atomic E-state index is -1.07. The maximum atomic E-state index is 12.9. The first-order chi connectivity index (χ1) is 12.9. The van der Waals surface area contributed by atoms with Crippen LogP contribution in [0.3, 0.4) is 0 Å². The number of carbonyl (C=O) groups excluding carboxylic acids is 3. The Hall–Kier alpha value is -3.22. The van der Waals surface area contributed by atoms with Crippen molar-refractivity contribution in [1.29, 1.82) is 0 Å². The maximum Gasteiger partial charge on any atom is 0.329 e. The number of amides is 1. The second kappa shape index (κ2) is 9.47. The Morgan fingerprint density at radius 3 is 2.26 bits per heavy atom. The lowest BCUT2D eigenvalue weighted by Crippen LogP contribution is -2.43. The Labute approximate surface area is 156 Å². The summed E-state index contributed by atoms with van der Waals surface area (Å²) in [6.07, 6.45) is -1.07. The highest BCUT2D eigenvalue weighted by molar-refractivity contribution is 6.00. The molecular formula is C20H20FNO5. The van der Waals surface area contributed by atoms with Crippen LogP contribution < -0.4 is 10.1 Å². The quantitative estimate of drug-likeness (QED) is 0.568. The largest absolute Gasteiger partial charge is 0.484 e. The number of carbonyl (C=O) groups is 3. The monoisotopic (exact) mass is 373 g/mol. The number of ether oxygens (including phenoxy) is 2. The van der Waals surface area contributed by atoms with Crippen LogP contribution in [0.25, 0.3) is 0 Å². The van der Waals surface area contributed by atoms with Crippen molar-refractivity contribution in [2.24, 2.45) is 0 Å². The highest BCUT2D eigenvalue weighted by atomic mass is 19.1. The lowest BCUT2D eigenvalue weighted by Gasteiger charge is -2.17. The number of esters is 1. The van der Waals surface area contributed by atoms with Crippen molar-refractivity contribution in [3.63, 3.8) is 0 Å². The SMILES string of the molecule is C[C@H](NC(=O)COc1ccccc1)C(=O)O[C@H](C)C(=O)c1ccc(F)cc1. The Bertz CT molecular complexity index is 792. The zero-order valence-corrected chi connectivity index (χ0v) is 15.0. The van der Waals surface area contributed by atoms with E-state index in [0.29, 0.717) is 5.75 Å². The summed E-state index contributed by atoms with van der Waals surface area (Å²) >= 11 is 0. The average Bonchev–Trinajstić information content (AvgIpc) is 2.67. The zero-order valence-electron chi connectivity index (χ0n) is 15.0. The van der Waals surface area contributed by atoms with Crippen LogP contribution in [0.15, 0.2) is 54.6 Å². The number of Topliss-reactive ketones (excluding diaryl/α,β-unsaturated/α-hetero) is 1. The van der Waals surface area contributed by atoms with Gasteiger partial charge in [0.05, 0.1) is 0 Å². The molecule has 0 aliphatic heterocycles. The lowest BCUT2D eigenvalue weighted by atomic mass is 10.1. The minimum absolute atomic E-state index is 0.227. The molecule has 2 aromatic carbocycles. The van der Waals surface area contributed by atoms with Crippen LogP contribution in [-0.2, 0) is 14.3 Å². The van der Waals surface area contributed by atoms with Crippen LogP contribution in [-0.4, -0.2) is 36.4 Å². The van der Waals surface area contributed by atoms with Gasteiger partial charge in [0.25, 0.3) is 5.91 Å². The number of benzene rings is 2. The first kappa shape index (κ1) is 20.1. The third kappa shape index (κ3) is 6.22. The van der Waals surface area contributed by atoms with Crippen LogP contribution in [0.1, 0.15) is 24.2 Å². The molecule has 0 aromatic heterocycles. The highest BCUT2D eigenvalue weighted by Crippen LogP contribution is 2.09. The van der Waals surface area contributed by atoms with E-state index >= 15 is 0 Å². The van der Waals surface area contributed by atoms with E-state index in [1.165, 1.54) is 26.0 Å². The molecule has 6 nitrogen and oxygen atoms in total. The number of halogens is 1. The Morgan fingerprint density at radius 1 is 1.00 bits per heavy atom. The van der Waals surface area contributed by atoms with Crippen LogP contribution >= 0.6 is 0 Å². The summed E-state index contributed by atoms with van der Waals surface area (Å²) < 4.78 is 23.3. The van der Waals surface area contributed by atoms with Gasteiger partial charge in [-0.2, -0.15) is 0 Å². The van der Waals surface area contributed by atoms with E-state index in [1.54, 1.807) is 24.3 Å². The van der Waals surface area contributed by atoms with E-state index in [9.17, 15) is 18.8 Å². The van der Waals surface area contributed by atoms with Crippen LogP contribution in [0.4, 0.5) is 4.39 Å². The topological polar surface area (TPSA) is 81.7 Å². The summed E-state index contributed by atoms with van der Waals surface area (Å²) in [5.41, 5.74) is 0.227. The predicted molar refractivity (Wildman–Crippen MR) is 95.8 cm³/mol. The fraction of sp³-hybridized carbons (Fsp3) is 0.250. The molecule has 142 valence electrons. The Kier molecular flexibility index (Phi) is 7.05. The summed E-state index contributed by atoms with van der Waals surface area (Å²) in [6.45, 7) is 2.60. The molecule has 1 amide bonds. The van der Waals surface area contributed by atoms with E-state index in [1.807, 2.05) is 6.07 Å². The molecule has 27 heavy (non-hydrogen) atoms. The van der Waals surface area contributed by atoms with Gasteiger partial charge >= 0.3 is 5.97 Å². The molecule has 1 N–H and O–H groups in total. The van der Waals surface area contributed by atoms with Crippen molar-refractivity contribution >= 4 is 17.7 Å². The van der Waals surface area contributed by atoms with Gasteiger partial charge in [-0.15, -0.1) is 0 Å². The summed E-state index contributed by atoms with van der Waals surface area (Å²) in [7, 11) is 0. The number of para-hydroxylation sites is 1. The molecule has 0 spiro atoms. The van der Waals surface area contributed by atoms with Gasteiger partial charge in [-0.25, -0.2) is 9.18 Å². The second-order valence-corrected chi connectivity index (χ2v) is 5.84. The highest BCUT2D eigenvalue weighted by Gasteiger charge is 2.24. The molecule has 7 heteroatoms. The van der Waals surface area contributed by atoms with Crippen LogP contribution in [0.2, 0.25) is 0 Å². The molecule has 2 aromatic rings. The zero-order chi connectivity index (χ0) is 19.8. The lowest BCUT2D eigenvalue weighted by molar-refractivity contribution is -0.150. The summed E-state index contributed by atoms with van der Waals surface area (Å²) in [4.78, 5) is 36.1. The molecule has 2 rings (SSSR count). The predicted octanol–water partition coefficient (Wildman–Crippen LogP) is 2.52. The first-order valence-electron chi connectivity index (χ1n) is 8.34. The molecule has 0 radical (unpaired) electrons. The smallest absolute Gasteiger partial charge is 0.329 e. The van der Waals surface area contributed by atoms with Gasteiger partial charge < -0.3 is 14.8 Å². The van der Waals surface area contributed by atoms with Crippen molar-refractivity contribution < 1.29 is 28.2 Å². The van der Waals surface area contributed by atoms with Gasteiger partial charge in [-0.3, -0.25) is 9.59 Å². The van der Waals surface area contributed by atoms with Gasteiger partial charge in [0, 0.05) is 5.56 Å². The molecule has 0 fully saturated rings. The number of hydrogen-bond donors (Lipinski definition) is 1. The standard InChI is InChI=1S/C20H20FNO5/c1-13(22-18(23)12-26-17-6-4-3-5-7-17)20(25)27-14(2)19(24)15-8-10-16(21)11-9-15/h3-11,13-14H,12H2,1-2H3,(H,22,23)/t13-,14+/m0/s1. The molecule has 0 saturated heterocycles. The average molecular weight is 373 g/mol. The molecule has 0 heterocycles. The molecular weight excluding hydrogens is 353 g/mol. The van der Waals surface area contributed by atoms with E-state index in [0.717, 1.165) is 12.1 Å². The molecule has 0 aliphatic rings. The van der Waals surface area contributed by atoms with Crippen molar-refractivity contribution in [3.8, 4) is 5.75 Å². The minimum Gasteiger partial charge on any atom is -0.484 e. The van der Waals surface area contributed by atoms with E-state index < -0.39 is 35.6 Å². The van der Waals surface area contributed by atoms with Crippen molar-refractivity contribution in [3.05, 3.63) is 66.0 Å². The second-order valence-electron chi connectivity index (χ2n) is 5.84. The van der Waals surface area contributed by atoms with Gasteiger partial charge in [0.15, 0.2) is 12.7 Å². The summed E-state index contributed by atoms with van der Waals surface area (Å²) in [5.74, 6) is -1.66. The number of hydrogen-bond acceptors (Lipinski definition) is 5. The third-order valence-electron chi connectivity index (χ3n) is 3.64. The first-order valence-corrected chi connectivity index (χ1v) is 8.34. The fourth-order valence-corrected chi connectivity index (χ4v) is 2.19. The van der Waals surface area contributed by atoms with Gasteiger partial charge in [-0.05, 0) is 50.2 Å². The van der Waals surface area contributed by atoms with Gasteiger partial charge in [0.1, 0.15) is 17.6 Å². The van der Waals surface area contributed by atoms with E-state index in [4.69, 9.17) is 9.47 Å². The molecule has 0 unspecified atom stereocenters. The van der Waals surface area contributed by atoms with Crippen LogP contribution in [0, 0.1) is 5.82 Å². The summed E-state index contributed by atoms with van der Waals surface area (Å²) in [6, 6.07) is 12.7. The van der Waals surface area contributed by atoms with Crippen molar-refractivity contribution in [1.82, 2.24) is 5.32 Å². The number of rotatable bonds is 8. The number of ketones is 1. The third-order valence-corrected chi connectivity index (χ3v) is 3.64. The molecule has 0 aliphatic carbocycles. The molecule has 0 saturated carbocycles. The summed E-state index contributed by atoms with van der Waals surface area (Å²) in [5, 5.41) is 2.44. The molecule has 2 atom stereocenters. The fourth-order valence-electron chi connectivity index (χ4n) is 2.19. The van der Waals surface area contributed by atoms with E-state index in [2.05, 4.69) is 5.32 Å². The normalized spacial score (nSPS) is 12.6. The van der Waals surface area contributed by atoms with Crippen LogP contribution in [0.5, 0.6) is 5.75 Å². The Morgan fingerprint density at radius 2 is 1.63 bits per heavy atom. The maximum absolute atomic E-state index is 12.9. The van der Waals surface area contributed by atoms with E-state index in [-0.39, 0.29) is 12.2 Å². The van der Waals surface area contributed by atoms with Gasteiger partial charge in [-0.1, -0.05) is 18.2 Å². The molecule has 0 bridgehead atoms. The number of nitrogens with one attached hydrogen (secondary N) is 1.